The number of nitrogens with zero attached hydrogens (tertiary/aromatic N) is 4. The Hall–Kier alpha value is -1.27. The van der Waals surface area contributed by atoms with Crippen LogP contribution in [0, 0.1) is 0 Å². The lowest BCUT2D eigenvalue weighted by atomic mass is 10.2. The molecular formula is C13H14N4S2. The maximum atomic E-state index is 4.67. The van der Waals surface area contributed by atoms with E-state index in [-0.39, 0.29) is 0 Å². The Balaban J connectivity index is 1.46. The first-order valence-corrected chi connectivity index (χ1v) is 8.33. The maximum absolute atomic E-state index is 4.67. The highest BCUT2D eigenvalue weighted by atomic mass is 32.1. The number of thiophene rings is 1. The van der Waals surface area contributed by atoms with Crippen molar-refractivity contribution in [2.75, 3.05) is 0 Å². The minimum absolute atomic E-state index is 0.607. The third-order valence-electron chi connectivity index (χ3n) is 3.39. The van der Waals surface area contributed by atoms with Gasteiger partial charge in [0.25, 0.3) is 0 Å². The Morgan fingerprint density at radius 2 is 2.21 bits per heavy atom. The van der Waals surface area contributed by atoms with Crippen molar-refractivity contribution in [2.45, 2.75) is 38.0 Å². The molecule has 1 aliphatic carbocycles. The van der Waals surface area contributed by atoms with Crippen molar-refractivity contribution in [1.29, 1.82) is 0 Å². The summed E-state index contributed by atoms with van der Waals surface area (Å²) in [7, 11) is 0. The summed E-state index contributed by atoms with van der Waals surface area (Å²) in [5.74, 6) is 1.67. The topological polar surface area (TPSA) is 43.1 Å². The quantitative estimate of drug-likeness (QED) is 0.724. The van der Waals surface area contributed by atoms with Gasteiger partial charge in [-0.1, -0.05) is 17.4 Å². The Morgan fingerprint density at radius 3 is 3.00 bits per heavy atom. The summed E-state index contributed by atoms with van der Waals surface area (Å²) in [6.07, 6.45) is 5.82. The van der Waals surface area contributed by atoms with Gasteiger partial charge in [0, 0.05) is 17.2 Å². The molecule has 0 amide bonds. The summed E-state index contributed by atoms with van der Waals surface area (Å²) < 4.78 is 1.96. The summed E-state index contributed by atoms with van der Waals surface area (Å²) in [6.45, 7) is 0. The molecule has 0 atom stereocenters. The zero-order valence-corrected chi connectivity index (χ0v) is 12.1. The molecule has 0 aromatic carbocycles. The molecule has 0 bridgehead atoms. The molecule has 0 radical (unpaired) electrons. The van der Waals surface area contributed by atoms with Crippen LogP contribution in [0.25, 0.3) is 4.96 Å². The van der Waals surface area contributed by atoms with E-state index in [1.165, 1.54) is 22.7 Å². The highest BCUT2D eigenvalue weighted by Crippen LogP contribution is 2.39. The Morgan fingerprint density at radius 1 is 1.26 bits per heavy atom. The van der Waals surface area contributed by atoms with Gasteiger partial charge in [0.05, 0.1) is 0 Å². The van der Waals surface area contributed by atoms with Gasteiger partial charge in [-0.05, 0) is 37.1 Å². The van der Waals surface area contributed by atoms with Gasteiger partial charge in [-0.25, -0.2) is 0 Å². The molecule has 0 unspecified atom stereocenters. The van der Waals surface area contributed by atoms with Crippen molar-refractivity contribution in [3.63, 3.8) is 0 Å². The second-order valence-corrected chi connectivity index (χ2v) is 7.03. The number of hydrogen-bond donors (Lipinski definition) is 0. The second-order valence-electron chi connectivity index (χ2n) is 4.96. The molecule has 1 aliphatic rings. The summed E-state index contributed by atoms with van der Waals surface area (Å²) in [6, 6.07) is 4.32. The van der Waals surface area contributed by atoms with Crippen LogP contribution < -0.4 is 0 Å². The summed E-state index contributed by atoms with van der Waals surface area (Å²) in [5.41, 5.74) is 0. The van der Waals surface area contributed by atoms with E-state index in [4.69, 9.17) is 0 Å². The average molecular weight is 290 g/mol. The second kappa shape index (κ2) is 4.68. The molecule has 3 heterocycles. The Labute approximate surface area is 119 Å². The lowest BCUT2D eigenvalue weighted by Gasteiger charge is -1.95. The molecule has 1 saturated carbocycles. The minimum atomic E-state index is 0.607. The fraction of sp³-hybridized carbons (Fsp3) is 0.462. The van der Waals surface area contributed by atoms with Crippen molar-refractivity contribution >= 4 is 27.6 Å². The summed E-state index contributed by atoms with van der Waals surface area (Å²) >= 11 is 3.52. The van der Waals surface area contributed by atoms with E-state index in [0.29, 0.717) is 5.92 Å². The largest absolute Gasteiger partial charge is 0.234 e. The van der Waals surface area contributed by atoms with Crippen LogP contribution in [0.3, 0.4) is 0 Å². The van der Waals surface area contributed by atoms with Crippen molar-refractivity contribution < 1.29 is 0 Å². The fourth-order valence-corrected chi connectivity index (χ4v) is 3.87. The minimum Gasteiger partial charge on any atom is -0.187 e. The van der Waals surface area contributed by atoms with E-state index in [9.17, 15) is 0 Å². The number of aryl methyl sites for hydroxylation is 2. The monoisotopic (exact) mass is 290 g/mol. The lowest BCUT2D eigenvalue weighted by molar-refractivity contribution is 0.767. The van der Waals surface area contributed by atoms with Crippen LogP contribution in [-0.2, 0) is 12.8 Å². The van der Waals surface area contributed by atoms with Crippen LogP contribution in [-0.4, -0.2) is 19.8 Å². The van der Waals surface area contributed by atoms with Crippen LogP contribution in [0.5, 0.6) is 0 Å². The zero-order valence-electron chi connectivity index (χ0n) is 10.5. The standard InChI is InChI=1S/C13H14N4S2/c1(3-10-4-2-8-18-10)5-11-16-17-12(9-6-7-9)14-15-13(17)19-11/h2,4,8-9H,1,3,5-7H2. The van der Waals surface area contributed by atoms with E-state index >= 15 is 0 Å². The molecule has 1 fully saturated rings. The molecule has 6 heteroatoms. The first-order valence-electron chi connectivity index (χ1n) is 6.63. The van der Waals surface area contributed by atoms with Crippen LogP contribution in [0.15, 0.2) is 17.5 Å². The number of rotatable bonds is 5. The first-order chi connectivity index (χ1) is 9.40. The first kappa shape index (κ1) is 11.5. The van der Waals surface area contributed by atoms with E-state index in [1.54, 1.807) is 11.3 Å². The number of hydrogen-bond acceptors (Lipinski definition) is 5. The van der Waals surface area contributed by atoms with Crippen molar-refractivity contribution in [3.8, 4) is 0 Å². The summed E-state index contributed by atoms with van der Waals surface area (Å²) in [4.78, 5) is 2.41. The van der Waals surface area contributed by atoms with Gasteiger partial charge in [0.2, 0.25) is 4.96 Å². The molecule has 3 aromatic rings. The van der Waals surface area contributed by atoms with Gasteiger partial charge in [0.15, 0.2) is 5.82 Å². The van der Waals surface area contributed by atoms with Crippen LogP contribution in [0.4, 0.5) is 0 Å². The predicted octanol–water partition coefficient (Wildman–Crippen LogP) is 3.30. The SMILES string of the molecule is c1csc(CCCc2nn3c(C4CC4)nnc3s2)c1. The smallest absolute Gasteiger partial charge is 0.187 e. The van der Waals surface area contributed by atoms with E-state index < -0.39 is 0 Å². The molecule has 3 aromatic heterocycles. The molecule has 0 N–H and O–H groups in total. The molecule has 0 aliphatic heterocycles. The molecule has 0 spiro atoms. The highest BCUT2D eigenvalue weighted by molar-refractivity contribution is 7.16. The Kier molecular flexibility index (Phi) is 2.85. The van der Waals surface area contributed by atoms with E-state index in [2.05, 4.69) is 32.8 Å². The molecule has 98 valence electrons. The van der Waals surface area contributed by atoms with Crippen molar-refractivity contribution in [2.24, 2.45) is 0 Å². The molecule has 19 heavy (non-hydrogen) atoms. The highest BCUT2D eigenvalue weighted by Gasteiger charge is 2.29. The van der Waals surface area contributed by atoms with Gasteiger partial charge >= 0.3 is 0 Å². The van der Waals surface area contributed by atoms with Crippen LogP contribution >= 0.6 is 22.7 Å². The van der Waals surface area contributed by atoms with E-state index in [0.717, 1.165) is 30.0 Å². The molecule has 4 nitrogen and oxygen atoms in total. The van der Waals surface area contributed by atoms with Crippen LogP contribution in [0.2, 0.25) is 0 Å². The third kappa shape index (κ3) is 2.30. The predicted molar refractivity (Wildman–Crippen MR) is 77.0 cm³/mol. The average Bonchev–Trinajstić information content (AvgIpc) is 2.85. The van der Waals surface area contributed by atoms with Gasteiger partial charge in [-0.3, -0.25) is 0 Å². The lowest BCUT2D eigenvalue weighted by Crippen LogP contribution is -1.95. The molecule has 0 saturated heterocycles. The van der Waals surface area contributed by atoms with E-state index in [1.807, 2.05) is 15.9 Å². The number of fused-ring (bicyclic) bond motifs is 1. The van der Waals surface area contributed by atoms with Gasteiger partial charge < -0.3 is 0 Å². The maximum Gasteiger partial charge on any atom is 0.234 e. The summed E-state index contributed by atoms with van der Waals surface area (Å²) in [5, 5.41) is 16.5. The van der Waals surface area contributed by atoms with Crippen molar-refractivity contribution in [3.05, 3.63) is 33.2 Å². The zero-order chi connectivity index (χ0) is 12.7. The fourth-order valence-electron chi connectivity index (χ4n) is 2.24. The third-order valence-corrected chi connectivity index (χ3v) is 5.29. The van der Waals surface area contributed by atoms with Crippen LogP contribution in [0.1, 0.15) is 40.9 Å². The van der Waals surface area contributed by atoms with Gasteiger partial charge in [-0.2, -0.15) is 9.61 Å². The number of aromatic nitrogens is 4. The van der Waals surface area contributed by atoms with Crippen molar-refractivity contribution in [1.82, 2.24) is 19.8 Å². The molecule has 4 rings (SSSR count). The normalized spacial score (nSPS) is 15.4. The van der Waals surface area contributed by atoms with Gasteiger partial charge in [0.1, 0.15) is 5.01 Å². The Bertz CT molecular complexity index is 679. The molecular weight excluding hydrogens is 276 g/mol. The van der Waals surface area contributed by atoms with Gasteiger partial charge in [-0.15, -0.1) is 21.5 Å².